The highest BCUT2D eigenvalue weighted by Crippen LogP contribution is 2.21. The highest BCUT2D eigenvalue weighted by molar-refractivity contribution is 5.46. The molecule has 0 aliphatic carbocycles. The molecule has 0 saturated heterocycles. The molecule has 0 radical (unpaired) electrons. The minimum absolute atomic E-state index is 0.214. The number of anilines is 1. The Morgan fingerprint density at radius 3 is 2.76 bits per heavy atom. The highest BCUT2D eigenvalue weighted by atomic mass is 19.1. The summed E-state index contributed by atoms with van der Waals surface area (Å²) < 4.78 is 27.9. The molecule has 0 fully saturated rings. The van der Waals surface area contributed by atoms with E-state index >= 15 is 0 Å². The van der Waals surface area contributed by atoms with Crippen molar-refractivity contribution in [3.63, 3.8) is 0 Å². The van der Waals surface area contributed by atoms with Crippen LogP contribution in [0.2, 0.25) is 0 Å². The van der Waals surface area contributed by atoms with Crippen LogP contribution in [0.1, 0.15) is 19.0 Å². The van der Waals surface area contributed by atoms with Crippen molar-refractivity contribution in [3.05, 3.63) is 41.7 Å². The molecule has 0 unspecified atom stereocenters. The Morgan fingerprint density at radius 2 is 2.12 bits per heavy atom. The predicted octanol–water partition coefficient (Wildman–Crippen LogP) is 2.69. The Morgan fingerprint density at radius 1 is 1.35 bits per heavy atom. The third kappa shape index (κ3) is 2.13. The summed E-state index contributed by atoms with van der Waals surface area (Å²) in [5, 5.41) is 4.02. The fraction of sp³-hybridized carbons (Fsp3) is 0.250. The van der Waals surface area contributed by atoms with E-state index in [1.165, 1.54) is 23.0 Å². The summed E-state index contributed by atoms with van der Waals surface area (Å²) in [5.41, 5.74) is 7.25. The minimum atomic E-state index is -0.648. The third-order valence-corrected chi connectivity index (χ3v) is 2.53. The predicted molar refractivity (Wildman–Crippen MR) is 61.9 cm³/mol. The lowest BCUT2D eigenvalue weighted by Gasteiger charge is -2.08. The van der Waals surface area contributed by atoms with Gasteiger partial charge >= 0.3 is 0 Å². The normalized spacial score (nSPS) is 10.8. The van der Waals surface area contributed by atoms with Gasteiger partial charge in [0.05, 0.1) is 17.6 Å². The molecule has 1 aromatic carbocycles. The van der Waals surface area contributed by atoms with Gasteiger partial charge < -0.3 is 5.73 Å². The average Bonchev–Trinajstić information content (AvgIpc) is 2.62. The van der Waals surface area contributed by atoms with Crippen molar-refractivity contribution in [3.8, 4) is 5.69 Å². The van der Waals surface area contributed by atoms with E-state index in [-0.39, 0.29) is 5.69 Å². The van der Waals surface area contributed by atoms with Gasteiger partial charge in [0.25, 0.3) is 0 Å². The molecule has 0 saturated carbocycles. The Balaban J connectivity index is 2.52. The number of halogens is 2. The summed E-state index contributed by atoms with van der Waals surface area (Å²) >= 11 is 0. The largest absolute Gasteiger partial charge is 0.396 e. The number of nitrogens with two attached hydrogens (primary N) is 1. The molecule has 5 heteroatoms. The lowest BCUT2D eigenvalue weighted by atomic mass is 10.2. The summed E-state index contributed by atoms with van der Waals surface area (Å²) in [6.45, 7) is 2.00. The first-order chi connectivity index (χ1) is 8.13. The van der Waals surface area contributed by atoms with Crippen molar-refractivity contribution in [2.75, 3.05) is 5.73 Å². The zero-order valence-corrected chi connectivity index (χ0v) is 9.45. The van der Waals surface area contributed by atoms with Gasteiger partial charge in [0.2, 0.25) is 0 Å². The Labute approximate surface area is 97.9 Å². The summed E-state index contributed by atoms with van der Waals surface area (Å²) in [5.74, 6) is -1.26. The molecule has 0 aliphatic heterocycles. The van der Waals surface area contributed by atoms with Gasteiger partial charge in [-0.05, 0) is 18.6 Å². The van der Waals surface area contributed by atoms with Crippen LogP contribution in [0.3, 0.4) is 0 Å². The Kier molecular flexibility index (Phi) is 3.08. The fourth-order valence-corrected chi connectivity index (χ4v) is 1.73. The van der Waals surface area contributed by atoms with E-state index in [4.69, 9.17) is 5.73 Å². The monoisotopic (exact) mass is 237 g/mol. The number of rotatable bonds is 3. The molecule has 3 nitrogen and oxygen atoms in total. The lowest BCUT2D eigenvalue weighted by Crippen LogP contribution is -2.06. The number of hydrogen-bond acceptors (Lipinski definition) is 2. The van der Waals surface area contributed by atoms with Crippen LogP contribution in [-0.2, 0) is 6.42 Å². The standard InChI is InChI=1S/C12H13F2N3/c1-2-3-12-10(15)7-16-17(12)11-5-4-8(13)6-9(11)14/h4-7H,2-3,15H2,1H3. The average molecular weight is 237 g/mol. The quantitative estimate of drug-likeness (QED) is 0.891. The maximum atomic E-state index is 13.6. The van der Waals surface area contributed by atoms with Crippen molar-refractivity contribution in [1.82, 2.24) is 9.78 Å². The van der Waals surface area contributed by atoms with Gasteiger partial charge in [0, 0.05) is 6.07 Å². The number of hydrogen-bond donors (Lipinski definition) is 1. The van der Waals surface area contributed by atoms with Gasteiger partial charge in [0.15, 0.2) is 5.82 Å². The van der Waals surface area contributed by atoms with Crippen LogP contribution in [0.15, 0.2) is 24.4 Å². The van der Waals surface area contributed by atoms with Crippen LogP contribution >= 0.6 is 0 Å². The van der Waals surface area contributed by atoms with Gasteiger partial charge in [0.1, 0.15) is 11.5 Å². The molecule has 0 amide bonds. The summed E-state index contributed by atoms with van der Waals surface area (Å²) in [4.78, 5) is 0. The van der Waals surface area contributed by atoms with E-state index in [1.54, 1.807) is 0 Å². The first-order valence-electron chi connectivity index (χ1n) is 5.41. The van der Waals surface area contributed by atoms with Crippen molar-refractivity contribution in [2.24, 2.45) is 0 Å². The SMILES string of the molecule is CCCc1c(N)cnn1-c1ccc(F)cc1F. The van der Waals surface area contributed by atoms with E-state index in [9.17, 15) is 8.78 Å². The van der Waals surface area contributed by atoms with Crippen molar-refractivity contribution < 1.29 is 8.78 Å². The van der Waals surface area contributed by atoms with E-state index in [2.05, 4.69) is 5.10 Å². The molecule has 17 heavy (non-hydrogen) atoms. The second kappa shape index (κ2) is 4.53. The van der Waals surface area contributed by atoms with Gasteiger partial charge in [-0.1, -0.05) is 13.3 Å². The summed E-state index contributed by atoms with van der Waals surface area (Å²) in [6.07, 6.45) is 3.05. The van der Waals surface area contributed by atoms with Crippen molar-refractivity contribution in [1.29, 1.82) is 0 Å². The number of aromatic nitrogens is 2. The Bertz CT molecular complexity index is 535. The summed E-state index contributed by atoms with van der Waals surface area (Å²) in [6, 6.07) is 3.39. The number of nitrogen functional groups attached to an aromatic ring is 1. The molecule has 2 rings (SSSR count). The van der Waals surface area contributed by atoms with E-state index in [1.807, 2.05) is 6.92 Å². The molecule has 1 heterocycles. The molecule has 2 N–H and O–H groups in total. The van der Waals surface area contributed by atoms with E-state index < -0.39 is 11.6 Å². The topological polar surface area (TPSA) is 43.8 Å². The first kappa shape index (κ1) is 11.6. The number of benzene rings is 1. The smallest absolute Gasteiger partial charge is 0.151 e. The fourth-order valence-electron chi connectivity index (χ4n) is 1.73. The highest BCUT2D eigenvalue weighted by Gasteiger charge is 2.13. The molecule has 0 atom stereocenters. The molecular formula is C12H13F2N3. The Hall–Kier alpha value is -1.91. The van der Waals surface area contributed by atoms with Crippen LogP contribution in [0.5, 0.6) is 0 Å². The second-order valence-corrected chi connectivity index (χ2v) is 3.80. The van der Waals surface area contributed by atoms with Crippen molar-refractivity contribution in [2.45, 2.75) is 19.8 Å². The van der Waals surface area contributed by atoms with Crippen LogP contribution in [0.4, 0.5) is 14.5 Å². The van der Waals surface area contributed by atoms with Gasteiger partial charge in [-0.2, -0.15) is 5.10 Å². The van der Waals surface area contributed by atoms with Crippen LogP contribution in [0.25, 0.3) is 5.69 Å². The van der Waals surface area contributed by atoms with Gasteiger partial charge in [-0.15, -0.1) is 0 Å². The second-order valence-electron chi connectivity index (χ2n) is 3.80. The maximum absolute atomic E-state index is 13.6. The van der Waals surface area contributed by atoms with E-state index in [0.717, 1.165) is 18.2 Å². The molecule has 2 aromatic rings. The molecule has 0 bridgehead atoms. The molecule has 1 aromatic heterocycles. The molecule has 0 spiro atoms. The van der Waals surface area contributed by atoms with Crippen LogP contribution < -0.4 is 5.73 Å². The maximum Gasteiger partial charge on any atom is 0.151 e. The minimum Gasteiger partial charge on any atom is -0.396 e. The molecule has 0 aliphatic rings. The van der Waals surface area contributed by atoms with Gasteiger partial charge in [-0.3, -0.25) is 0 Å². The number of nitrogens with zero attached hydrogens (tertiary/aromatic N) is 2. The van der Waals surface area contributed by atoms with E-state index in [0.29, 0.717) is 12.1 Å². The first-order valence-corrected chi connectivity index (χ1v) is 5.41. The van der Waals surface area contributed by atoms with Crippen LogP contribution in [-0.4, -0.2) is 9.78 Å². The zero-order chi connectivity index (χ0) is 12.4. The lowest BCUT2D eigenvalue weighted by molar-refractivity contribution is 0.571. The molecule has 90 valence electrons. The summed E-state index contributed by atoms with van der Waals surface area (Å²) in [7, 11) is 0. The third-order valence-electron chi connectivity index (χ3n) is 2.53. The molecular weight excluding hydrogens is 224 g/mol. The van der Waals surface area contributed by atoms with Crippen LogP contribution in [0, 0.1) is 11.6 Å². The van der Waals surface area contributed by atoms with Gasteiger partial charge in [-0.25, -0.2) is 13.5 Å². The van der Waals surface area contributed by atoms with Crippen molar-refractivity contribution >= 4 is 5.69 Å². The zero-order valence-electron chi connectivity index (χ0n) is 9.45.